The van der Waals surface area contributed by atoms with Crippen molar-refractivity contribution in [3.8, 4) is 0 Å². The number of primary amides is 1. The number of urea groups is 1. The van der Waals surface area contributed by atoms with Gasteiger partial charge in [0.05, 0.1) is 0 Å². The van der Waals surface area contributed by atoms with Crippen LogP contribution >= 0.6 is 0 Å². The maximum absolute atomic E-state index is 11.4. The van der Waals surface area contributed by atoms with Crippen LogP contribution in [-0.2, 0) is 0 Å². The van der Waals surface area contributed by atoms with E-state index in [-0.39, 0.29) is 6.03 Å². The molecule has 2 unspecified atom stereocenters. The van der Waals surface area contributed by atoms with Crippen LogP contribution in [0, 0.1) is 5.92 Å². The molecule has 2 saturated heterocycles. The minimum absolute atomic E-state index is 0.282. The van der Waals surface area contributed by atoms with Gasteiger partial charge in [0, 0.05) is 38.4 Å². The van der Waals surface area contributed by atoms with Crippen LogP contribution in [0.3, 0.4) is 0 Å². The summed E-state index contributed by atoms with van der Waals surface area (Å²) in [4.78, 5) is 15.7. The van der Waals surface area contributed by atoms with Gasteiger partial charge in [0.15, 0.2) is 0 Å². The van der Waals surface area contributed by atoms with E-state index < -0.39 is 0 Å². The van der Waals surface area contributed by atoms with Crippen molar-refractivity contribution in [1.82, 2.24) is 15.1 Å². The first kappa shape index (κ1) is 13.1. The van der Waals surface area contributed by atoms with Gasteiger partial charge in [-0.1, -0.05) is 30.3 Å². The molecule has 1 aromatic carbocycles. The monoisotopic (exact) mass is 286 g/mol. The van der Waals surface area contributed by atoms with Gasteiger partial charge >= 0.3 is 6.03 Å². The lowest BCUT2D eigenvalue weighted by Gasteiger charge is -2.38. The average Bonchev–Trinajstić information content (AvgIpc) is 3.20. The molecular weight excluding hydrogens is 264 g/mol. The highest BCUT2D eigenvalue weighted by atomic mass is 16.2. The molecule has 0 spiro atoms. The zero-order chi connectivity index (χ0) is 14.4. The summed E-state index contributed by atoms with van der Waals surface area (Å²) in [6.45, 7) is 3.40. The van der Waals surface area contributed by atoms with E-state index in [1.165, 1.54) is 12.0 Å². The van der Waals surface area contributed by atoms with Crippen molar-refractivity contribution in [3.63, 3.8) is 0 Å². The maximum Gasteiger partial charge on any atom is 0.314 e. The van der Waals surface area contributed by atoms with Crippen LogP contribution in [0.1, 0.15) is 17.9 Å². The van der Waals surface area contributed by atoms with Crippen LogP contribution in [0.25, 0.3) is 0 Å². The number of benzene rings is 1. The van der Waals surface area contributed by atoms with Crippen LogP contribution in [0.5, 0.6) is 0 Å². The molecule has 1 aliphatic carbocycles. The molecule has 0 bridgehead atoms. The molecule has 2 heterocycles. The molecular formula is C16H22N4O. The first-order valence-corrected chi connectivity index (χ1v) is 7.81. The number of piperazine rings is 1. The molecule has 0 radical (unpaired) electrons. The molecule has 0 aromatic heterocycles. The van der Waals surface area contributed by atoms with E-state index in [0.29, 0.717) is 23.9 Å². The van der Waals surface area contributed by atoms with Gasteiger partial charge in [0.25, 0.3) is 0 Å². The summed E-state index contributed by atoms with van der Waals surface area (Å²) in [6.07, 6.45) is 1.25. The lowest BCUT2D eigenvalue weighted by molar-refractivity contribution is 0.114. The van der Waals surface area contributed by atoms with Crippen molar-refractivity contribution in [2.24, 2.45) is 11.7 Å². The first-order valence-electron chi connectivity index (χ1n) is 7.81. The highest BCUT2D eigenvalue weighted by Gasteiger charge is 2.51. The third kappa shape index (κ3) is 2.30. The highest BCUT2D eigenvalue weighted by Crippen LogP contribution is 2.51. The Kier molecular flexibility index (Phi) is 3.12. The Balaban J connectivity index is 1.46. The molecule has 2 aliphatic heterocycles. The number of rotatable bonds is 2. The predicted octanol–water partition coefficient (Wildman–Crippen LogP) is 0.784. The maximum atomic E-state index is 11.4. The van der Waals surface area contributed by atoms with Crippen LogP contribution in [0.15, 0.2) is 30.3 Å². The summed E-state index contributed by atoms with van der Waals surface area (Å²) in [5.41, 5.74) is 6.90. The Bertz CT molecular complexity index is 534. The SMILES string of the molecule is NC(=O)N1CCN2CNC([C@H]3C[C@H]3c3ccccc3)C2C1. The van der Waals surface area contributed by atoms with E-state index >= 15 is 0 Å². The summed E-state index contributed by atoms with van der Waals surface area (Å²) in [6, 6.07) is 11.4. The van der Waals surface area contributed by atoms with Crippen LogP contribution in [-0.4, -0.2) is 54.2 Å². The third-order valence-electron chi connectivity index (χ3n) is 5.32. The molecule has 1 aromatic rings. The van der Waals surface area contributed by atoms with Gasteiger partial charge < -0.3 is 10.6 Å². The van der Waals surface area contributed by atoms with Gasteiger partial charge in [-0.2, -0.15) is 0 Å². The van der Waals surface area contributed by atoms with Gasteiger partial charge in [-0.3, -0.25) is 10.2 Å². The Hall–Kier alpha value is -1.59. The zero-order valence-electron chi connectivity index (χ0n) is 12.1. The fourth-order valence-corrected chi connectivity index (χ4v) is 4.08. The third-order valence-corrected chi connectivity index (χ3v) is 5.32. The van der Waals surface area contributed by atoms with Crippen molar-refractivity contribution >= 4 is 6.03 Å². The number of hydrogen-bond donors (Lipinski definition) is 2. The van der Waals surface area contributed by atoms with Crippen LogP contribution in [0.4, 0.5) is 4.79 Å². The Morgan fingerprint density at radius 2 is 2.05 bits per heavy atom. The van der Waals surface area contributed by atoms with Crippen molar-refractivity contribution in [3.05, 3.63) is 35.9 Å². The predicted molar refractivity (Wildman–Crippen MR) is 80.7 cm³/mol. The standard InChI is InChI=1S/C16H22N4O/c17-16(21)19-6-7-20-10-18-15(14(20)9-19)13-8-12(13)11-4-2-1-3-5-11/h1-5,12-15,18H,6-10H2,(H2,17,21)/t12-,13-,14?,15?/m0/s1. The van der Waals surface area contributed by atoms with E-state index in [1.54, 1.807) is 4.90 Å². The number of carbonyl (C=O) groups excluding carboxylic acids is 1. The minimum atomic E-state index is -0.282. The number of hydrogen-bond acceptors (Lipinski definition) is 3. The summed E-state index contributed by atoms with van der Waals surface area (Å²) in [5.74, 6) is 1.36. The summed E-state index contributed by atoms with van der Waals surface area (Å²) in [5, 5.41) is 3.67. The number of carbonyl (C=O) groups is 1. The molecule has 3 aliphatic rings. The quantitative estimate of drug-likeness (QED) is 0.845. The van der Waals surface area contributed by atoms with Gasteiger partial charge in [-0.15, -0.1) is 0 Å². The normalized spacial score (nSPS) is 35.5. The minimum Gasteiger partial charge on any atom is -0.351 e. The topological polar surface area (TPSA) is 61.6 Å². The molecule has 1 saturated carbocycles. The molecule has 3 N–H and O–H groups in total. The lowest BCUT2D eigenvalue weighted by atomic mass is 9.98. The molecule has 21 heavy (non-hydrogen) atoms. The first-order chi connectivity index (χ1) is 10.2. The van der Waals surface area contributed by atoms with E-state index in [0.717, 1.165) is 26.3 Å². The lowest BCUT2D eigenvalue weighted by Crippen LogP contribution is -2.56. The Labute approximate surface area is 125 Å². The molecule has 4 atom stereocenters. The fraction of sp³-hybridized carbons (Fsp3) is 0.562. The number of nitrogens with two attached hydrogens (primary N) is 1. The zero-order valence-corrected chi connectivity index (χ0v) is 12.1. The summed E-state index contributed by atoms with van der Waals surface area (Å²) >= 11 is 0. The van der Waals surface area contributed by atoms with E-state index in [1.807, 2.05) is 0 Å². The number of amides is 2. The second-order valence-corrected chi connectivity index (χ2v) is 6.47. The van der Waals surface area contributed by atoms with Gasteiger partial charge in [-0.25, -0.2) is 4.79 Å². The largest absolute Gasteiger partial charge is 0.351 e. The second kappa shape index (κ2) is 5.00. The van der Waals surface area contributed by atoms with E-state index in [2.05, 4.69) is 40.5 Å². The molecule has 5 nitrogen and oxygen atoms in total. The molecule has 112 valence electrons. The van der Waals surface area contributed by atoms with Gasteiger partial charge in [-0.05, 0) is 23.8 Å². The van der Waals surface area contributed by atoms with Crippen molar-refractivity contribution in [1.29, 1.82) is 0 Å². The highest BCUT2D eigenvalue weighted by molar-refractivity contribution is 5.72. The molecule has 4 rings (SSSR count). The number of nitrogens with zero attached hydrogens (tertiary/aromatic N) is 2. The molecule has 5 heteroatoms. The second-order valence-electron chi connectivity index (χ2n) is 6.47. The molecule has 3 fully saturated rings. The fourth-order valence-electron chi connectivity index (χ4n) is 4.08. The molecule has 2 amide bonds. The van der Waals surface area contributed by atoms with E-state index in [4.69, 9.17) is 5.73 Å². The van der Waals surface area contributed by atoms with Crippen molar-refractivity contribution < 1.29 is 4.79 Å². The van der Waals surface area contributed by atoms with Gasteiger partial charge in [0.1, 0.15) is 0 Å². The average molecular weight is 286 g/mol. The summed E-state index contributed by atoms with van der Waals surface area (Å²) in [7, 11) is 0. The van der Waals surface area contributed by atoms with Crippen molar-refractivity contribution in [2.75, 3.05) is 26.3 Å². The number of nitrogens with one attached hydrogen (secondary N) is 1. The van der Waals surface area contributed by atoms with Crippen LogP contribution in [0.2, 0.25) is 0 Å². The van der Waals surface area contributed by atoms with E-state index in [9.17, 15) is 4.79 Å². The smallest absolute Gasteiger partial charge is 0.314 e. The van der Waals surface area contributed by atoms with Crippen LogP contribution < -0.4 is 11.1 Å². The van der Waals surface area contributed by atoms with Gasteiger partial charge in [0.2, 0.25) is 0 Å². The Morgan fingerprint density at radius 3 is 2.81 bits per heavy atom. The Morgan fingerprint density at radius 1 is 1.24 bits per heavy atom. The van der Waals surface area contributed by atoms with Crippen molar-refractivity contribution in [2.45, 2.75) is 24.4 Å². The summed E-state index contributed by atoms with van der Waals surface area (Å²) < 4.78 is 0. The number of fused-ring (bicyclic) bond motifs is 1.